The molecule has 0 spiro atoms. The lowest BCUT2D eigenvalue weighted by Gasteiger charge is -2.19. The molecule has 0 aromatic heterocycles. The first-order valence-corrected chi connectivity index (χ1v) is 9.26. The number of carbonyl (C=O) groups is 2. The summed E-state index contributed by atoms with van der Waals surface area (Å²) in [4.78, 5) is 25.1. The molecule has 0 aliphatic carbocycles. The van der Waals surface area contributed by atoms with Gasteiger partial charge in [-0.2, -0.15) is 0 Å². The van der Waals surface area contributed by atoms with Gasteiger partial charge in [-0.05, 0) is 69.5 Å². The minimum Gasteiger partial charge on any atom is -0.481 e. The number of hydrogen-bond donors (Lipinski definition) is 2. The molecule has 2 N–H and O–H groups in total. The Hall–Kier alpha value is -2.82. The van der Waals surface area contributed by atoms with Crippen LogP contribution in [0.2, 0.25) is 0 Å². The molecule has 2 rings (SSSR count). The Labute approximate surface area is 161 Å². The van der Waals surface area contributed by atoms with Gasteiger partial charge in [-0.1, -0.05) is 25.1 Å². The Balaban J connectivity index is 2.15. The lowest BCUT2D eigenvalue weighted by Crippen LogP contribution is -2.34. The van der Waals surface area contributed by atoms with Crippen LogP contribution in [0.4, 0.5) is 5.69 Å². The van der Waals surface area contributed by atoms with Crippen molar-refractivity contribution in [2.45, 2.75) is 53.2 Å². The highest BCUT2D eigenvalue weighted by atomic mass is 16.5. The molecule has 144 valence electrons. The van der Waals surface area contributed by atoms with Gasteiger partial charge in [0.25, 0.3) is 11.8 Å². The Kier molecular flexibility index (Phi) is 6.99. The SMILES string of the molecule is CC[C@@H](Oc1ccc(C)c(C)c1)C(=O)Nc1ccccc1C(=O)NC(C)C. The predicted octanol–water partition coefficient (Wildman–Crippen LogP) is 4.24. The zero-order valence-electron chi connectivity index (χ0n) is 16.6. The summed E-state index contributed by atoms with van der Waals surface area (Å²) in [5, 5.41) is 5.68. The average Bonchev–Trinajstić information content (AvgIpc) is 2.62. The molecule has 0 saturated heterocycles. The summed E-state index contributed by atoms with van der Waals surface area (Å²) in [7, 11) is 0. The van der Waals surface area contributed by atoms with Gasteiger partial charge in [-0.25, -0.2) is 0 Å². The second kappa shape index (κ2) is 9.21. The molecule has 0 heterocycles. The quantitative estimate of drug-likeness (QED) is 0.768. The average molecular weight is 368 g/mol. The lowest BCUT2D eigenvalue weighted by atomic mass is 10.1. The summed E-state index contributed by atoms with van der Waals surface area (Å²) in [6.07, 6.45) is -0.132. The van der Waals surface area contributed by atoms with Crippen molar-refractivity contribution >= 4 is 17.5 Å². The molecule has 0 aliphatic heterocycles. The Morgan fingerprint density at radius 3 is 2.37 bits per heavy atom. The maximum atomic E-state index is 12.7. The van der Waals surface area contributed by atoms with E-state index in [0.717, 1.165) is 5.56 Å². The molecule has 2 aromatic rings. The number of hydrogen-bond acceptors (Lipinski definition) is 3. The molecule has 0 aliphatic rings. The normalized spacial score (nSPS) is 11.8. The summed E-state index contributed by atoms with van der Waals surface area (Å²) in [6, 6.07) is 12.7. The first-order valence-electron chi connectivity index (χ1n) is 9.26. The highest BCUT2D eigenvalue weighted by Crippen LogP contribution is 2.20. The largest absolute Gasteiger partial charge is 0.481 e. The van der Waals surface area contributed by atoms with Crippen molar-refractivity contribution in [1.29, 1.82) is 0 Å². The number of nitrogens with one attached hydrogen (secondary N) is 2. The van der Waals surface area contributed by atoms with Crippen molar-refractivity contribution in [3.05, 3.63) is 59.2 Å². The van der Waals surface area contributed by atoms with Crippen LogP contribution in [0, 0.1) is 13.8 Å². The molecular weight excluding hydrogens is 340 g/mol. The maximum Gasteiger partial charge on any atom is 0.265 e. The zero-order valence-corrected chi connectivity index (χ0v) is 16.6. The molecule has 0 unspecified atom stereocenters. The van der Waals surface area contributed by atoms with Crippen LogP contribution in [0.3, 0.4) is 0 Å². The van der Waals surface area contributed by atoms with Crippen molar-refractivity contribution in [2.75, 3.05) is 5.32 Å². The Bertz CT molecular complexity index is 815. The number of anilines is 1. The summed E-state index contributed by atoms with van der Waals surface area (Å²) < 4.78 is 5.89. The molecule has 5 nitrogen and oxygen atoms in total. The summed E-state index contributed by atoms with van der Waals surface area (Å²) >= 11 is 0. The topological polar surface area (TPSA) is 67.4 Å². The van der Waals surface area contributed by atoms with Gasteiger partial charge in [0.05, 0.1) is 11.3 Å². The van der Waals surface area contributed by atoms with Gasteiger partial charge in [0.1, 0.15) is 5.75 Å². The highest BCUT2D eigenvalue weighted by Gasteiger charge is 2.21. The van der Waals surface area contributed by atoms with E-state index in [2.05, 4.69) is 10.6 Å². The predicted molar refractivity (Wildman–Crippen MR) is 108 cm³/mol. The molecule has 0 radical (unpaired) electrons. The van der Waals surface area contributed by atoms with E-state index in [0.29, 0.717) is 23.4 Å². The fourth-order valence-electron chi connectivity index (χ4n) is 2.62. The maximum absolute atomic E-state index is 12.7. The van der Waals surface area contributed by atoms with Crippen LogP contribution in [0.25, 0.3) is 0 Å². The van der Waals surface area contributed by atoms with Crippen molar-refractivity contribution < 1.29 is 14.3 Å². The number of para-hydroxylation sites is 1. The zero-order chi connectivity index (χ0) is 20.0. The molecule has 1 atom stereocenters. The van der Waals surface area contributed by atoms with Crippen LogP contribution < -0.4 is 15.4 Å². The van der Waals surface area contributed by atoms with Gasteiger partial charge in [-0.15, -0.1) is 0 Å². The van der Waals surface area contributed by atoms with E-state index in [1.807, 2.05) is 52.8 Å². The van der Waals surface area contributed by atoms with Crippen molar-refractivity contribution in [1.82, 2.24) is 5.32 Å². The van der Waals surface area contributed by atoms with Crippen molar-refractivity contribution in [3.8, 4) is 5.75 Å². The molecule has 27 heavy (non-hydrogen) atoms. The van der Waals surface area contributed by atoms with Crippen LogP contribution in [0.15, 0.2) is 42.5 Å². The second-order valence-electron chi connectivity index (χ2n) is 6.92. The van der Waals surface area contributed by atoms with Gasteiger partial charge in [0, 0.05) is 6.04 Å². The third-order valence-corrected chi connectivity index (χ3v) is 4.27. The summed E-state index contributed by atoms with van der Waals surface area (Å²) in [5.41, 5.74) is 3.19. The Morgan fingerprint density at radius 1 is 1.04 bits per heavy atom. The standard InChI is InChI=1S/C22H28N2O3/c1-6-20(27-17-12-11-15(4)16(5)13-17)22(26)24-19-10-8-7-9-18(19)21(25)23-14(2)3/h7-14,20H,6H2,1-5H3,(H,23,25)(H,24,26)/t20-/m1/s1. The van der Waals surface area contributed by atoms with Gasteiger partial charge >= 0.3 is 0 Å². The first-order chi connectivity index (χ1) is 12.8. The molecule has 0 bridgehead atoms. The molecular formula is C22H28N2O3. The molecule has 2 amide bonds. The number of amides is 2. The lowest BCUT2D eigenvalue weighted by molar-refractivity contribution is -0.122. The van der Waals surface area contributed by atoms with Crippen LogP contribution in [-0.4, -0.2) is 24.0 Å². The smallest absolute Gasteiger partial charge is 0.265 e. The van der Waals surface area contributed by atoms with E-state index < -0.39 is 6.10 Å². The third-order valence-electron chi connectivity index (χ3n) is 4.27. The van der Waals surface area contributed by atoms with Gasteiger partial charge < -0.3 is 15.4 Å². The summed E-state index contributed by atoms with van der Waals surface area (Å²) in [5.74, 6) is 0.162. The Morgan fingerprint density at radius 2 is 1.74 bits per heavy atom. The third kappa shape index (κ3) is 5.58. The minimum absolute atomic E-state index is 0.0118. The van der Waals surface area contributed by atoms with E-state index in [1.165, 1.54) is 5.56 Å². The number of ether oxygens (including phenoxy) is 1. The number of carbonyl (C=O) groups excluding carboxylic acids is 2. The van der Waals surface area contributed by atoms with Crippen LogP contribution in [0.1, 0.15) is 48.7 Å². The van der Waals surface area contributed by atoms with Crippen molar-refractivity contribution in [3.63, 3.8) is 0 Å². The van der Waals surface area contributed by atoms with Crippen LogP contribution in [-0.2, 0) is 4.79 Å². The fraction of sp³-hybridized carbons (Fsp3) is 0.364. The van der Waals surface area contributed by atoms with Crippen molar-refractivity contribution in [2.24, 2.45) is 0 Å². The monoisotopic (exact) mass is 368 g/mol. The van der Waals surface area contributed by atoms with Gasteiger partial charge in [0.15, 0.2) is 6.10 Å². The minimum atomic E-state index is -0.645. The molecule has 2 aromatic carbocycles. The van der Waals surface area contributed by atoms with E-state index in [4.69, 9.17) is 4.74 Å². The van der Waals surface area contributed by atoms with Gasteiger partial charge in [-0.3, -0.25) is 9.59 Å². The highest BCUT2D eigenvalue weighted by molar-refractivity contribution is 6.04. The number of benzene rings is 2. The van der Waals surface area contributed by atoms with Gasteiger partial charge in [0.2, 0.25) is 0 Å². The molecule has 0 saturated carbocycles. The molecule has 5 heteroatoms. The van der Waals surface area contributed by atoms with E-state index in [9.17, 15) is 9.59 Å². The van der Waals surface area contributed by atoms with E-state index in [-0.39, 0.29) is 17.9 Å². The second-order valence-corrected chi connectivity index (χ2v) is 6.92. The van der Waals surface area contributed by atoms with E-state index >= 15 is 0 Å². The first kappa shape index (κ1) is 20.5. The number of aryl methyl sites for hydroxylation is 2. The van der Waals surface area contributed by atoms with Crippen LogP contribution in [0.5, 0.6) is 5.75 Å². The number of rotatable bonds is 7. The molecule has 0 fully saturated rings. The summed E-state index contributed by atoms with van der Waals surface area (Å²) in [6.45, 7) is 9.71. The van der Waals surface area contributed by atoms with Crippen LogP contribution >= 0.6 is 0 Å². The van der Waals surface area contributed by atoms with E-state index in [1.54, 1.807) is 24.3 Å². The fourth-order valence-corrected chi connectivity index (χ4v) is 2.62.